The highest BCUT2D eigenvalue weighted by Crippen LogP contribution is 2.22. The standard InChI is InChI=1S/C14H11ClFNO2/c1-8-12(3-2-4-13(8)18)14(19)17-11-6-9(15)5-10(16)7-11/h2-7,18H,1H3,(H,17,19). The van der Waals surface area contributed by atoms with Crippen molar-refractivity contribution in [1.82, 2.24) is 0 Å². The lowest BCUT2D eigenvalue weighted by atomic mass is 10.1. The van der Waals surface area contributed by atoms with Gasteiger partial charge in [-0.25, -0.2) is 4.39 Å². The van der Waals surface area contributed by atoms with Gasteiger partial charge < -0.3 is 10.4 Å². The minimum atomic E-state index is -0.532. The second kappa shape index (κ2) is 5.28. The molecule has 2 aromatic carbocycles. The van der Waals surface area contributed by atoms with Crippen molar-refractivity contribution in [2.45, 2.75) is 6.92 Å². The maximum atomic E-state index is 13.1. The molecule has 0 aromatic heterocycles. The van der Waals surface area contributed by atoms with Gasteiger partial charge in [0.05, 0.1) is 0 Å². The molecule has 0 fully saturated rings. The number of aromatic hydroxyl groups is 1. The van der Waals surface area contributed by atoms with Crippen molar-refractivity contribution >= 4 is 23.2 Å². The Labute approximate surface area is 114 Å². The Hall–Kier alpha value is -2.07. The normalized spacial score (nSPS) is 10.3. The van der Waals surface area contributed by atoms with Crippen molar-refractivity contribution in [2.75, 3.05) is 5.32 Å². The molecule has 98 valence electrons. The monoisotopic (exact) mass is 279 g/mol. The second-order valence-corrected chi connectivity index (χ2v) is 4.50. The molecule has 0 spiro atoms. The first kappa shape index (κ1) is 13.4. The summed E-state index contributed by atoms with van der Waals surface area (Å²) in [5.74, 6) is -0.935. The summed E-state index contributed by atoms with van der Waals surface area (Å²) in [6.07, 6.45) is 0. The third-order valence-electron chi connectivity index (χ3n) is 2.67. The molecule has 0 aliphatic rings. The molecule has 2 aromatic rings. The Morgan fingerprint density at radius 2 is 2.05 bits per heavy atom. The van der Waals surface area contributed by atoms with Gasteiger partial charge in [0, 0.05) is 21.8 Å². The number of phenols is 1. The van der Waals surface area contributed by atoms with Crippen LogP contribution in [0.1, 0.15) is 15.9 Å². The lowest BCUT2D eigenvalue weighted by Crippen LogP contribution is -2.13. The van der Waals surface area contributed by atoms with Gasteiger partial charge in [-0.1, -0.05) is 17.7 Å². The van der Waals surface area contributed by atoms with Crippen LogP contribution in [0.2, 0.25) is 5.02 Å². The Morgan fingerprint density at radius 1 is 1.32 bits per heavy atom. The van der Waals surface area contributed by atoms with Crippen LogP contribution in [0.5, 0.6) is 5.75 Å². The zero-order valence-electron chi connectivity index (χ0n) is 10.1. The molecule has 2 rings (SSSR count). The number of carbonyl (C=O) groups is 1. The Kier molecular flexibility index (Phi) is 3.71. The van der Waals surface area contributed by atoms with Crippen LogP contribution in [-0.4, -0.2) is 11.0 Å². The van der Waals surface area contributed by atoms with E-state index in [-0.39, 0.29) is 16.5 Å². The van der Waals surface area contributed by atoms with Gasteiger partial charge in [0.15, 0.2) is 0 Å². The highest BCUT2D eigenvalue weighted by molar-refractivity contribution is 6.31. The van der Waals surface area contributed by atoms with Crippen molar-refractivity contribution in [3.05, 3.63) is 58.4 Å². The minimum Gasteiger partial charge on any atom is -0.508 e. The van der Waals surface area contributed by atoms with Crippen LogP contribution in [0.25, 0.3) is 0 Å². The molecule has 0 aliphatic carbocycles. The summed E-state index contributed by atoms with van der Waals surface area (Å²) in [4.78, 5) is 12.0. The zero-order chi connectivity index (χ0) is 14.0. The molecule has 0 unspecified atom stereocenters. The molecule has 19 heavy (non-hydrogen) atoms. The number of nitrogens with one attached hydrogen (secondary N) is 1. The Morgan fingerprint density at radius 3 is 2.74 bits per heavy atom. The summed E-state index contributed by atoms with van der Waals surface area (Å²) in [5.41, 5.74) is 1.04. The van der Waals surface area contributed by atoms with Crippen molar-refractivity contribution in [2.24, 2.45) is 0 Å². The topological polar surface area (TPSA) is 49.3 Å². The van der Waals surface area contributed by atoms with E-state index in [0.717, 1.165) is 6.07 Å². The number of amides is 1. The van der Waals surface area contributed by atoms with Crippen LogP contribution < -0.4 is 5.32 Å². The molecule has 0 radical (unpaired) electrons. The van der Waals surface area contributed by atoms with Gasteiger partial charge in [-0.2, -0.15) is 0 Å². The van der Waals surface area contributed by atoms with Crippen molar-refractivity contribution < 1.29 is 14.3 Å². The highest BCUT2D eigenvalue weighted by Gasteiger charge is 2.12. The van der Waals surface area contributed by atoms with Crippen LogP contribution in [0.4, 0.5) is 10.1 Å². The van der Waals surface area contributed by atoms with Gasteiger partial charge in [-0.05, 0) is 37.3 Å². The molecular formula is C14H11ClFNO2. The third kappa shape index (κ3) is 3.03. The van der Waals surface area contributed by atoms with Gasteiger partial charge >= 0.3 is 0 Å². The maximum Gasteiger partial charge on any atom is 0.256 e. The molecule has 0 saturated carbocycles. The molecule has 1 amide bonds. The summed E-state index contributed by atoms with van der Waals surface area (Å²) in [6, 6.07) is 8.39. The molecule has 0 bridgehead atoms. The third-order valence-corrected chi connectivity index (χ3v) is 2.89. The van der Waals surface area contributed by atoms with E-state index in [9.17, 15) is 14.3 Å². The smallest absolute Gasteiger partial charge is 0.256 e. The fraction of sp³-hybridized carbons (Fsp3) is 0.0714. The molecular weight excluding hydrogens is 269 g/mol. The SMILES string of the molecule is Cc1c(O)cccc1C(=O)Nc1cc(F)cc(Cl)c1. The van der Waals surface area contributed by atoms with Crippen LogP contribution in [-0.2, 0) is 0 Å². The summed E-state index contributed by atoms with van der Waals surface area (Å²) < 4.78 is 13.1. The van der Waals surface area contributed by atoms with Gasteiger partial charge in [-0.15, -0.1) is 0 Å². The number of carbonyl (C=O) groups excluding carboxylic acids is 1. The molecule has 3 nitrogen and oxygen atoms in total. The summed E-state index contributed by atoms with van der Waals surface area (Å²) in [7, 11) is 0. The summed E-state index contributed by atoms with van der Waals surface area (Å²) in [5, 5.41) is 12.3. The molecule has 0 atom stereocenters. The van der Waals surface area contributed by atoms with E-state index < -0.39 is 11.7 Å². The van der Waals surface area contributed by atoms with Gasteiger partial charge in [-0.3, -0.25) is 4.79 Å². The van der Waals surface area contributed by atoms with E-state index in [0.29, 0.717) is 11.1 Å². The average molecular weight is 280 g/mol. The van der Waals surface area contributed by atoms with E-state index in [2.05, 4.69) is 5.32 Å². The highest BCUT2D eigenvalue weighted by atomic mass is 35.5. The van der Waals surface area contributed by atoms with E-state index >= 15 is 0 Å². The fourth-order valence-electron chi connectivity index (χ4n) is 1.69. The molecule has 0 saturated heterocycles. The van der Waals surface area contributed by atoms with E-state index in [1.807, 2.05) is 0 Å². The van der Waals surface area contributed by atoms with Crippen LogP contribution in [0.3, 0.4) is 0 Å². The predicted octanol–water partition coefficient (Wildman–Crippen LogP) is 3.75. The largest absolute Gasteiger partial charge is 0.508 e. The van der Waals surface area contributed by atoms with Crippen LogP contribution in [0, 0.1) is 12.7 Å². The van der Waals surface area contributed by atoms with Crippen LogP contribution >= 0.6 is 11.6 Å². The quantitative estimate of drug-likeness (QED) is 0.880. The molecule has 0 aliphatic heterocycles. The zero-order valence-corrected chi connectivity index (χ0v) is 10.8. The van der Waals surface area contributed by atoms with Crippen LogP contribution in [0.15, 0.2) is 36.4 Å². The number of rotatable bonds is 2. The van der Waals surface area contributed by atoms with E-state index in [1.165, 1.54) is 18.2 Å². The number of halogens is 2. The second-order valence-electron chi connectivity index (χ2n) is 4.06. The summed E-state index contributed by atoms with van der Waals surface area (Å²) in [6.45, 7) is 1.63. The average Bonchev–Trinajstić information content (AvgIpc) is 2.31. The van der Waals surface area contributed by atoms with Gasteiger partial charge in [0.1, 0.15) is 11.6 Å². The lowest BCUT2D eigenvalue weighted by Gasteiger charge is -2.09. The van der Waals surface area contributed by atoms with Crippen molar-refractivity contribution in [3.8, 4) is 5.75 Å². The van der Waals surface area contributed by atoms with Gasteiger partial charge in [0.2, 0.25) is 0 Å². The number of phenolic OH excluding ortho intramolecular Hbond substituents is 1. The minimum absolute atomic E-state index is 0.0323. The molecule has 0 heterocycles. The fourth-order valence-corrected chi connectivity index (χ4v) is 1.92. The number of anilines is 1. The first-order valence-electron chi connectivity index (χ1n) is 5.53. The lowest BCUT2D eigenvalue weighted by molar-refractivity contribution is 0.102. The van der Waals surface area contributed by atoms with E-state index in [1.54, 1.807) is 19.1 Å². The number of hydrogen-bond acceptors (Lipinski definition) is 2. The predicted molar refractivity (Wildman–Crippen MR) is 72.2 cm³/mol. The Balaban J connectivity index is 2.28. The van der Waals surface area contributed by atoms with Gasteiger partial charge in [0.25, 0.3) is 5.91 Å². The number of hydrogen-bond donors (Lipinski definition) is 2. The Bertz CT molecular complexity index is 623. The molecule has 5 heteroatoms. The first-order chi connectivity index (χ1) is 8.97. The van der Waals surface area contributed by atoms with Crippen molar-refractivity contribution in [1.29, 1.82) is 0 Å². The van der Waals surface area contributed by atoms with Crippen molar-refractivity contribution in [3.63, 3.8) is 0 Å². The maximum absolute atomic E-state index is 13.1. The number of benzene rings is 2. The van der Waals surface area contributed by atoms with E-state index in [4.69, 9.17) is 11.6 Å². The first-order valence-corrected chi connectivity index (χ1v) is 5.91. The molecule has 2 N–H and O–H groups in total. The summed E-state index contributed by atoms with van der Waals surface area (Å²) >= 11 is 5.70.